The summed E-state index contributed by atoms with van der Waals surface area (Å²) >= 11 is 5.08. The van der Waals surface area contributed by atoms with E-state index in [0.717, 1.165) is 38.2 Å². The molecule has 0 spiro atoms. The molecule has 1 aliphatic heterocycles. The van der Waals surface area contributed by atoms with Crippen molar-refractivity contribution in [1.29, 1.82) is 0 Å². The number of piperidine rings is 1. The Hall–Kier alpha value is -2.57. The minimum absolute atomic E-state index is 0.0591. The topological polar surface area (TPSA) is 63.7 Å². The van der Waals surface area contributed by atoms with E-state index in [4.69, 9.17) is 21.1 Å². The number of carbonyl (C=O) groups excluding carboxylic acids is 1. The number of carbonyl (C=O) groups is 1. The van der Waals surface area contributed by atoms with E-state index >= 15 is 0 Å². The third kappa shape index (κ3) is 8.89. The number of amides is 1. The summed E-state index contributed by atoms with van der Waals surface area (Å²) in [7, 11) is 3.18. The van der Waals surface area contributed by atoms with Crippen LogP contribution in [0.25, 0.3) is 0 Å². The van der Waals surface area contributed by atoms with Gasteiger partial charge in [-0.1, -0.05) is 30.3 Å². The van der Waals surface area contributed by atoms with Crippen LogP contribution in [-0.4, -0.2) is 49.6 Å². The molecule has 32 heavy (non-hydrogen) atoms. The molecule has 1 aromatic rings. The van der Waals surface area contributed by atoms with Crippen LogP contribution >= 0.6 is 11.6 Å². The Balaban J connectivity index is 0.000000837. The molecule has 0 radical (unpaired) electrons. The molecule has 174 valence electrons. The molecular weight excluding hydrogens is 426 g/mol. The average Bonchev–Trinajstić information content (AvgIpc) is 3.01. The van der Waals surface area contributed by atoms with Crippen LogP contribution in [0.15, 0.2) is 71.3 Å². The predicted molar refractivity (Wildman–Crippen MR) is 129 cm³/mol. The molecule has 0 saturated carbocycles. The van der Waals surface area contributed by atoms with Crippen LogP contribution in [-0.2, 0) is 20.8 Å². The lowest BCUT2D eigenvalue weighted by molar-refractivity contribution is -0.117. The summed E-state index contributed by atoms with van der Waals surface area (Å²) in [5.41, 5.74) is 1.73. The largest absolute Gasteiger partial charge is 0.493 e. The van der Waals surface area contributed by atoms with Crippen LogP contribution in [0.1, 0.15) is 31.9 Å². The van der Waals surface area contributed by atoms with Crippen molar-refractivity contribution in [2.75, 3.05) is 33.9 Å². The number of hydrogen-bond acceptors (Lipinski definition) is 5. The molecule has 1 amide bonds. The first-order chi connectivity index (χ1) is 15.4. The van der Waals surface area contributed by atoms with Crippen molar-refractivity contribution < 1.29 is 14.3 Å². The summed E-state index contributed by atoms with van der Waals surface area (Å²) in [4.78, 5) is 19.4. The fourth-order valence-electron chi connectivity index (χ4n) is 3.58. The molecule has 6 nitrogen and oxygen atoms in total. The molecule has 2 heterocycles. The molecule has 0 atom stereocenters. The minimum Gasteiger partial charge on any atom is -0.493 e. The first kappa shape index (κ1) is 25.7. The standard InChI is InChI=1S/C22H29N3O3.C3H5Cl/c1-27-20-8-5-6-18(14-21(20)28-2)22(26)24-15-17-9-12-25(13-10-17)16-19-7-3-4-11-23-19;1-3(2)4/h3-4,6-8,11,14,17H,5,9-10,12-13,15-16H2,1-2H3,(H,24,26);1H2,2H3. The number of nitrogens with one attached hydrogen (secondary N) is 1. The highest BCUT2D eigenvalue weighted by Crippen LogP contribution is 2.21. The second kappa shape index (κ2) is 13.8. The normalized spacial score (nSPS) is 16.9. The van der Waals surface area contributed by atoms with E-state index in [0.29, 0.717) is 41.0 Å². The quantitative estimate of drug-likeness (QED) is 0.647. The maximum absolute atomic E-state index is 12.6. The van der Waals surface area contributed by atoms with Crippen LogP contribution in [0, 0.1) is 5.92 Å². The van der Waals surface area contributed by atoms with E-state index < -0.39 is 0 Å². The van der Waals surface area contributed by atoms with Gasteiger partial charge in [0, 0.05) is 29.9 Å². The number of rotatable bonds is 7. The van der Waals surface area contributed by atoms with Gasteiger partial charge in [0.1, 0.15) is 0 Å². The third-order valence-corrected chi connectivity index (χ3v) is 5.24. The number of likely N-dealkylation sites (tertiary alicyclic amines) is 1. The molecule has 3 rings (SSSR count). The summed E-state index contributed by atoms with van der Waals surface area (Å²) in [6.07, 6.45) is 10.2. The SMILES string of the molecule is C=C(C)Cl.COC1=CCC=C(C(=O)NCC2CCN(Cc3ccccn3)CC2)C=C1OC. The fraction of sp³-hybridized carbons (Fsp3) is 0.440. The smallest absolute Gasteiger partial charge is 0.251 e. The molecule has 1 fully saturated rings. The van der Waals surface area contributed by atoms with E-state index in [-0.39, 0.29) is 5.91 Å². The lowest BCUT2D eigenvalue weighted by Gasteiger charge is -2.31. The van der Waals surface area contributed by atoms with Crippen molar-refractivity contribution in [3.8, 4) is 0 Å². The predicted octanol–water partition coefficient (Wildman–Crippen LogP) is 4.56. The highest BCUT2D eigenvalue weighted by atomic mass is 35.5. The molecular formula is C25H34ClN3O3. The number of hydrogen-bond donors (Lipinski definition) is 1. The fourth-order valence-corrected chi connectivity index (χ4v) is 3.58. The number of allylic oxidation sites excluding steroid dienone is 3. The van der Waals surface area contributed by atoms with Gasteiger partial charge in [-0.3, -0.25) is 14.7 Å². The Morgan fingerprint density at radius 1 is 1.22 bits per heavy atom. The van der Waals surface area contributed by atoms with Crippen LogP contribution in [0.2, 0.25) is 0 Å². The maximum atomic E-state index is 12.6. The van der Waals surface area contributed by atoms with Crippen LogP contribution in [0.3, 0.4) is 0 Å². The summed E-state index contributed by atoms with van der Waals surface area (Å²) in [6.45, 7) is 8.73. The van der Waals surface area contributed by atoms with Gasteiger partial charge in [0.2, 0.25) is 0 Å². The third-order valence-electron chi connectivity index (χ3n) is 5.24. The van der Waals surface area contributed by atoms with Crippen molar-refractivity contribution in [2.24, 2.45) is 5.92 Å². The number of ether oxygens (including phenoxy) is 2. The van der Waals surface area contributed by atoms with Gasteiger partial charge in [-0.2, -0.15) is 0 Å². The monoisotopic (exact) mass is 459 g/mol. The van der Waals surface area contributed by atoms with Crippen molar-refractivity contribution in [3.63, 3.8) is 0 Å². The highest BCUT2D eigenvalue weighted by Gasteiger charge is 2.21. The van der Waals surface area contributed by atoms with Gasteiger partial charge in [-0.25, -0.2) is 0 Å². The van der Waals surface area contributed by atoms with Gasteiger partial charge in [0.25, 0.3) is 5.91 Å². The minimum atomic E-state index is -0.0591. The number of pyridine rings is 1. The molecule has 7 heteroatoms. The number of halogens is 1. The van der Waals surface area contributed by atoms with Crippen molar-refractivity contribution in [1.82, 2.24) is 15.2 Å². The van der Waals surface area contributed by atoms with Gasteiger partial charge in [-0.15, -0.1) is 0 Å². The Morgan fingerprint density at radius 2 is 1.91 bits per heavy atom. The molecule has 2 aliphatic rings. The number of methoxy groups -OCH3 is 2. The summed E-state index contributed by atoms with van der Waals surface area (Å²) in [5, 5.41) is 3.73. The van der Waals surface area contributed by atoms with E-state index in [9.17, 15) is 4.79 Å². The Kier molecular flexibility index (Phi) is 11.0. The van der Waals surface area contributed by atoms with E-state index in [1.165, 1.54) is 0 Å². The molecule has 0 aromatic carbocycles. The van der Waals surface area contributed by atoms with Crippen molar-refractivity contribution in [3.05, 3.63) is 77.0 Å². The molecule has 1 aliphatic carbocycles. The number of nitrogens with zero attached hydrogens (tertiary/aromatic N) is 2. The first-order valence-electron chi connectivity index (χ1n) is 10.8. The van der Waals surface area contributed by atoms with Crippen molar-refractivity contribution >= 4 is 17.5 Å². The summed E-state index contributed by atoms with van der Waals surface area (Å²) in [6, 6.07) is 6.04. The molecule has 1 N–H and O–H groups in total. The van der Waals surface area contributed by atoms with Gasteiger partial charge >= 0.3 is 0 Å². The van der Waals surface area contributed by atoms with Gasteiger partial charge in [-0.05, 0) is 69.5 Å². The zero-order valence-electron chi connectivity index (χ0n) is 19.3. The van der Waals surface area contributed by atoms with Gasteiger partial charge in [0.05, 0.1) is 19.9 Å². The van der Waals surface area contributed by atoms with Crippen molar-refractivity contribution in [2.45, 2.75) is 32.7 Å². The molecule has 1 saturated heterocycles. The molecule has 1 aromatic heterocycles. The average molecular weight is 460 g/mol. The second-order valence-corrected chi connectivity index (χ2v) is 8.45. The molecule has 0 bridgehead atoms. The number of aromatic nitrogens is 1. The van der Waals surface area contributed by atoms with E-state index in [2.05, 4.69) is 27.8 Å². The van der Waals surface area contributed by atoms with Crippen LogP contribution in [0.5, 0.6) is 0 Å². The van der Waals surface area contributed by atoms with E-state index in [1.54, 1.807) is 27.2 Å². The summed E-state index contributed by atoms with van der Waals surface area (Å²) in [5.74, 6) is 1.68. The Bertz CT molecular complexity index is 837. The maximum Gasteiger partial charge on any atom is 0.251 e. The van der Waals surface area contributed by atoms with Crippen LogP contribution < -0.4 is 5.32 Å². The zero-order valence-corrected chi connectivity index (χ0v) is 20.0. The van der Waals surface area contributed by atoms with Crippen LogP contribution in [0.4, 0.5) is 0 Å². The van der Waals surface area contributed by atoms with Gasteiger partial charge in [0.15, 0.2) is 11.5 Å². The highest BCUT2D eigenvalue weighted by molar-refractivity contribution is 6.28. The Labute approximate surface area is 196 Å². The van der Waals surface area contributed by atoms with E-state index in [1.807, 2.05) is 30.5 Å². The zero-order chi connectivity index (χ0) is 23.3. The lowest BCUT2D eigenvalue weighted by atomic mass is 9.96. The lowest BCUT2D eigenvalue weighted by Crippen LogP contribution is -2.38. The first-order valence-corrected chi connectivity index (χ1v) is 11.2. The second-order valence-electron chi connectivity index (χ2n) is 7.81. The molecule has 0 unspecified atom stereocenters. The van der Waals surface area contributed by atoms with Gasteiger partial charge < -0.3 is 14.8 Å². The Morgan fingerprint density at radius 3 is 2.50 bits per heavy atom. The summed E-state index contributed by atoms with van der Waals surface area (Å²) < 4.78 is 10.7.